The van der Waals surface area contributed by atoms with E-state index in [4.69, 9.17) is 18.9 Å². The summed E-state index contributed by atoms with van der Waals surface area (Å²) in [6.45, 7) is 10.5. The summed E-state index contributed by atoms with van der Waals surface area (Å²) in [5, 5.41) is 3.08. The van der Waals surface area contributed by atoms with Gasteiger partial charge in [0.2, 0.25) is 11.8 Å². The molecular formula is C42H85N3O6. The Morgan fingerprint density at radius 3 is 1.31 bits per heavy atom. The number of hydrogen-bond acceptors (Lipinski definition) is 7. The molecule has 0 saturated heterocycles. The average molecular weight is 728 g/mol. The van der Waals surface area contributed by atoms with Crippen LogP contribution in [0, 0.1) is 0 Å². The molecule has 9 nitrogen and oxygen atoms in total. The smallest absolute Gasteiger partial charge is 0.249 e. The van der Waals surface area contributed by atoms with E-state index in [1.54, 1.807) is 14.2 Å². The molecule has 0 spiro atoms. The minimum Gasteiger partial charge on any atom is -0.382 e. The van der Waals surface area contributed by atoms with Crippen molar-refractivity contribution in [3.63, 3.8) is 0 Å². The first kappa shape index (κ1) is 49.7. The SMILES string of the molecule is CCCCCCCCCCCCCCN(CCCCCCCCCCCCCC)CCNC(=O)CN(CCOCCOC)C(=O)COCCOC. The molecule has 0 aliphatic rings. The molecule has 0 radical (unpaired) electrons. The van der Waals surface area contributed by atoms with Gasteiger partial charge in [0.1, 0.15) is 6.61 Å². The minimum atomic E-state index is -0.225. The van der Waals surface area contributed by atoms with Gasteiger partial charge in [-0.3, -0.25) is 9.59 Å². The highest BCUT2D eigenvalue weighted by Crippen LogP contribution is 2.14. The van der Waals surface area contributed by atoms with Crippen molar-refractivity contribution in [2.45, 2.75) is 168 Å². The standard InChI is InChI=1S/C42H85N3O6/c1-5-7-9-11-13-15-17-19-21-23-25-27-30-44(31-28-26-24-22-20-18-16-14-12-10-8-6-2)32-29-43-41(46)39-45(33-34-50-37-35-48-3)42(47)40-51-38-36-49-4/h5-40H2,1-4H3,(H,43,46). The van der Waals surface area contributed by atoms with Gasteiger partial charge in [-0.15, -0.1) is 0 Å². The number of amides is 2. The third-order valence-electron chi connectivity index (χ3n) is 9.69. The molecule has 0 aliphatic heterocycles. The van der Waals surface area contributed by atoms with Crippen LogP contribution in [0.1, 0.15) is 168 Å². The molecule has 9 heteroatoms. The lowest BCUT2D eigenvalue weighted by Crippen LogP contribution is -2.45. The Bertz CT molecular complexity index is 701. The van der Waals surface area contributed by atoms with Gasteiger partial charge in [0.05, 0.1) is 39.6 Å². The highest BCUT2D eigenvalue weighted by atomic mass is 16.5. The summed E-state index contributed by atoms with van der Waals surface area (Å²) >= 11 is 0. The molecule has 0 aliphatic carbocycles. The second-order valence-corrected chi connectivity index (χ2v) is 14.4. The molecule has 0 bridgehead atoms. The van der Waals surface area contributed by atoms with Crippen molar-refractivity contribution in [3.05, 3.63) is 0 Å². The molecule has 0 fully saturated rings. The molecule has 304 valence electrons. The van der Waals surface area contributed by atoms with Gasteiger partial charge in [-0.05, 0) is 25.9 Å². The second-order valence-electron chi connectivity index (χ2n) is 14.4. The highest BCUT2D eigenvalue weighted by molar-refractivity contribution is 5.85. The number of nitrogens with one attached hydrogen (secondary N) is 1. The normalized spacial score (nSPS) is 11.5. The number of carbonyl (C=O) groups is 2. The van der Waals surface area contributed by atoms with Gasteiger partial charge in [0.25, 0.3) is 0 Å². The molecule has 0 aromatic heterocycles. The zero-order valence-corrected chi connectivity index (χ0v) is 34.3. The first-order chi connectivity index (χ1) is 25.1. The lowest BCUT2D eigenvalue weighted by Gasteiger charge is -2.24. The molecule has 2 amide bonds. The molecule has 0 heterocycles. The monoisotopic (exact) mass is 728 g/mol. The average Bonchev–Trinajstić information content (AvgIpc) is 3.13. The van der Waals surface area contributed by atoms with Crippen LogP contribution in [0.25, 0.3) is 0 Å². The molecule has 0 atom stereocenters. The molecule has 0 aromatic carbocycles. The molecule has 51 heavy (non-hydrogen) atoms. The van der Waals surface area contributed by atoms with Crippen LogP contribution in [-0.4, -0.2) is 115 Å². The largest absolute Gasteiger partial charge is 0.382 e. The van der Waals surface area contributed by atoms with Crippen LogP contribution in [0.2, 0.25) is 0 Å². The fourth-order valence-electron chi connectivity index (χ4n) is 6.37. The quantitative estimate of drug-likeness (QED) is 0.0628. The summed E-state index contributed by atoms with van der Waals surface area (Å²) in [4.78, 5) is 29.8. The maximum atomic E-state index is 13.0. The Kier molecular flexibility index (Phi) is 40.5. The minimum absolute atomic E-state index is 0.00239. The molecule has 1 N–H and O–H groups in total. The third-order valence-corrected chi connectivity index (χ3v) is 9.69. The van der Waals surface area contributed by atoms with E-state index in [0.717, 1.165) is 19.6 Å². The van der Waals surface area contributed by atoms with Crippen molar-refractivity contribution in [2.75, 3.05) is 93.1 Å². The summed E-state index contributed by atoms with van der Waals surface area (Å²) in [6, 6.07) is 0. The zero-order valence-electron chi connectivity index (χ0n) is 34.3. The van der Waals surface area contributed by atoms with Crippen molar-refractivity contribution in [1.82, 2.24) is 15.1 Å². The van der Waals surface area contributed by atoms with Crippen molar-refractivity contribution >= 4 is 11.8 Å². The summed E-state index contributed by atoms with van der Waals surface area (Å²) in [5.41, 5.74) is 0. The van der Waals surface area contributed by atoms with E-state index < -0.39 is 0 Å². The van der Waals surface area contributed by atoms with Gasteiger partial charge in [-0.1, -0.05) is 155 Å². The van der Waals surface area contributed by atoms with E-state index in [0.29, 0.717) is 46.1 Å². The van der Waals surface area contributed by atoms with Crippen molar-refractivity contribution in [1.29, 1.82) is 0 Å². The van der Waals surface area contributed by atoms with E-state index in [-0.39, 0.29) is 25.0 Å². The van der Waals surface area contributed by atoms with E-state index in [2.05, 4.69) is 24.1 Å². The Morgan fingerprint density at radius 2 is 0.882 bits per heavy atom. The van der Waals surface area contributed by atoms with E-state index in [9.17, 15) is 9.59 Å². The topological polar surface area (TPSA) is 89.6 Å². The predicted octanol–water partition coefficient (Wildman–Crippen LogP) is 8.96. The maximum absolute atomic E-state index is 13.0. The Labute approximate surface area is 316 Å². The van der Waals surface area contributed by atoms with Gasteiger partial charge < -0.3 is 34.1 Å². The van der Waals surface area contributed by atoms with Crippen LogP contribution in [0.15, 0.2) is 0 Å². The molecule has 0 saturated carbocycles. The van der Waals surface area contributed by atoms with Crippen LogP contribution in [0.5, 0.6) is 0 Å². The summed E-state index contributed by atoms with van der Waals surface area (Å²) in [7, 11) is 3.22. The van der Waals surface area contributed by atoms with Crippen LogP contribution in [0.3, 0.4) is 0 Å². The Morgan fingerprint density at radius 1 is 0.471 bits per heavy atom. The van der Waals surface area contributed by atoms with Crippen LogP contribution in [0.4, 0.5) is 0 Å². The van der Waals surface area contributed by atoms with Crippen molar-refractivity contribution in [2.24, 2.45) is 0 Å². The lowest BCUT2D eigenvalue weighted by molar-refractivity contribution is -0.141. The lowest BCUT2D eigenvalue weighted by atomic mass is 10.0. The highest BCUT2D eigenvalue weighted by Gasteiger charge is 2.17. The number of nitrogens with zero attached hydrogens (tertiary/aromatic N) is 2. The predicted molar refractivity (Wildman–Crippen MR) is 214 cm³/mol. The van der Waals surface area contributed by atoms with Gasteiger partial charge in [0.15, 0.2) is 0 Å². The van der Waals surface area contributed by atoms with Crippen LogP contribution in [-0.2, 0) is 28.5 Å². The first-order valence-electron chi connectivity index (χ1n) is 21.5. The molecule has 0 unspecified atom stereocenters. The molecule has 0 aromatic rings. The van der Waals surface area contributed by atoms with Gasteiger partial charge in [-0.25, -0.2) is 0 Å². The number of carbonyl (C=O) groups excluding carboxylic acids is 2. The number of methoxy groups -OCH3 is 2. The van der Waals surface area contributed by atoms with E-state index in [1.165, 1.54) is 159 Å². The summed E-state index contributed by atoms with van der Waals surface area (Å²) in [6.07, 6.45) is 32.6. The molecule has 0 rings (SSSR count). The van der Waals surface area contributed by atoms with Gasteiger partial charge >= 0.3 is 0 Å². The fraction of sp³-hybridized carbons (Fsp3) is 0.952. The van der Waals surface area contributed by atoms with Crippen LogP contribution >= 0.6 is 0 Å². The molecular weight excluding hydrogens is 642 g/mol. The van der Waals surface area contributed by atoms with Crippen LogP contribution < -0.4 is 5.32 Å². The zero-order chi connectivity index (χ0) is 37.3. The maximum Gasteiger partial charge on any atom is 0.249 e. The van der Waals surface area contributed by atoms with E-state index >= 15 is 0 Å². The summed E-state index contributed by atoms with van der Waals surface area (Å²) < 4.78 is 21.0. The second kappa shape index (κ2) is 41.5. The van der Waals surface area contributed by atoms with Gasteiger partial charge in [-0.2, -0.15) is 0 Å². The van der Waals surface area contributed by atoms with Crippen molar-refractivity contribution in [3.8, 4) is 0 Å². The Balaban J connectivity index is 4.60. The number of unbranched alkanes of at least 4 members (excludes halogenated alkanes) is 22. The van der Waals surface area contributed by atoms with Gasteiger partial charge in [0, 0.05) is 33.9 Å². The summed E-state index contributed by atoms with van der Waals surface area (Å²) in [5.74, 6) is -0.370. The first-order valence-corrected chi connectivity index (χ1v) is 21.5. The number of hydrogen-bond donors (Lipinski definition) is 1. The fourth-order valence-corrected chi connectivity index (χ4v) is 6.37. The van der Waals surface area contributed by atoms with E-state index in [1.807, 2.05) is 0 Å². The van der Waals surface area contributed by atoms with Crippen molar-refractivity contribution < 1.29 is 28.5 Å². The number of ether oxygens (including phenoxy) is 4. The third kappa shape index (κ3) is 36.9. The Hall–Kier alpha value is -1.26. The number of rotatable bonds is 42.